The lowest BCUT2D eigenvalue weighted by atomic mass is 9.94. The van der Waals surface area contributed by atoms with Crippen molar-refractivity contribution in [3.8, 4) is 0 Å². The highest BCUT2D eigenvalue weighted by Gasteiger charge is 2.36. The minimum absolute atomic E-state index is 0.0118. The predicted octanol–water partition coefficient (Wildman–Crippen LogP) is -4.61. The van der Waals surface area contributed by atoms with Gasteiger partial charge in [0.1, 0.15) is 48.3 Å². The summed E-state index contributed by atoms with van der Waals surface area (Å²) >= 11 is 1.41. The van der Waals surface area contributed by atoms with Crippen LogP contribution in [0.25, 0.3) is 0 Å². The maximum atomic E-state index is 14.0. The lowest BCUT2D eigenvalue weighted by molar-refractivity contribution is -0.143. The van der Waals surface area contributed by atoms with Gasteiger partial charge in [-0.1, -0.05) is 54.4 Å². The van der Waals surface area contributed by atoms with Crippen LogP contribution in [0.15, 0.2) is 0 Å². The van der Waals surface area contributed by atoms with E-state index in [1.165, 1.54) is 25.7 Å². The Morgan fingerprint density at radius 1 is 0.595 bits per heavy atom. The summed E-state index contributed by atoms with van der Waals surface area (Å²) in [6.45, 7) is 9.53. The van der Waals surface area contributed by atoms with E-state index in [1.807, 2.05) is 13.8 Å². The molecule has 0 bridgehead atoms. The van der Waals surface area contributed by atoms with Crippen LogP contribution in [-0.2, 0) is 57.5 Å². The van der Waals surface area contributed by atoms with E-state index in [2.05, 4.69) is 47.9 Å². The lowest BCUT2D eigenvalue weighted by Crippen LogP contribution is -2.60. The van der Waals surface area contributed by atoms with Crippen LogP contribution in [0, 0.1) is 17.8 Å². The van der Waals surface area contributed by atoms with Crippen molar-refractivity contribution in [3.05, 3.63) is 0 Å². The number of aliphatic hydroxyl groups excluding tert-OH is 1. The number of nitrogens with zero attached hydrogens (tertiary/aromatic N) is 1. The van der Waals surface area contributed by atoms with Crippen molar-refractivity contribution in [2.75, 3.05) is 51.8 Å². The summed E-state index contributed by atoms with van der Waals surface area (Å²) < 4.78 is 0. The number of primary amides is 1. The lowest BCUT2D eigenvalue weighted by Gasteiger charge is -2.31. The molecule has 17 N–H and O–H groups in total. The second-order valence-corrected chi connectivity index (χ2v) is 19.4. The van der Waals surface area contributed by atoms with E-state index in [1.54, 1.807) is 34.0 Å². The third-order valence-electron chi connectivity index (χ3n) is 11.7. The highest BCUT2D eigenvalue weighted by atomic mass is 32.2. The van der Waals surface area contributed by atoms with Gasteiger partial charge >= 0.3 is 5.97 Å². The Balaban J connectivity index is 6.00. The Morgan fingerprint density at radius 3 is 1.66 bits per heavy atom. The van der Waals surface area contributed by atoms with Crippen LogP contribution < -0.4 is 65.1 Å². The first-order chi connectivity index (χ1) is 34.7. The van der Waals surface area contributed by atoms with Crippen molar-refractivity contribution in [3.63, 3.8) is 0 Å². The zero-order chi connectivity index (χ0) is 56.8. The Hall–Kier alpha value is -6.13. The molecule has 422 valence electrons. The quantitative estimate of drug-likeness (QED) is 0.0260. The molecule has 74 heavy (non-hydrogen) atoms. The molecule has 0 heterocycles. The fourth-order valence-corrected chi connectivity index (χ4v) is 7.43. The van der Waals surface area contributed by atoms with Crippen LogP contribution in [-0.4, -0.2) is 186 Å². The first-order valence-electron chi connectivity index (χ1n) is 24.6. The summed E-state index contributed by atoms with van der Waals surface area (Å²) in [5.74, 6) is -11.0. The molecule has 0 fully saturated rings. The van der Waals surface area contributed by atoms with Gasteiger partial charge in [0.15, 0.2) is 0 Å². The molecule has 0 aliphatic carbocycles. The van der Waals surface area contributed by atoms with E-state index in [0.717, 1.165) is 4.90 Å². The summed E-state index contributed by atoms with van der Waals surface area (Å²) in [7, 11) is 1.34. The summed E-state index contributed by atoms with van der Waals surface area (Å²) in [6.07, 6.45) is 2.93. The van der Waals surface area contributed by atoms with Crippen molar-refractivity contribution < 1.29 is 67.7 Å². The number of hydrogen-bond donors (Lipinski definition) is 14. The monoisotopic (exact) mass is 1070 g/mol. The molecule has 0 unspecified atom stereocenters. The van der Waals surface area contributed by atoms with E-state index in [0.29, 0.717) is 31.4 Å². The molecular formula is C46H83N13O14S. The molecule has 0 aliphatic heterocycles. The topological polar surface area (TPSA) is 435 Å². The molecule has 0 aromatic carbocycles. The second kappa shape index (κ2) is 35.9. The van der Waals surface area contributed by atoms with Gasteiger partial charge in [0.2, 0.25) is 65.0 Å². The van der Waals surface area contributed by atoms with Gasteiger partial charge in [0.05, 0.1) is 32.7 Å². The molecule has 0 rings (SSSR count). The van der Waals surface area contributed by atoms with Crippen LogP contribution in [0.2, 0.25) is 0 Å². The number of hydrogen-bond acceptors (Lipinski definition) is 16. The average molecular weight is 1070 g/mol. The molecular weight excluding hydrogens is 991 g/mol. The van der Waals surface area contributed by atoms with Crippen molar-refractivity contribution in [1.82, 2.24) is 52.8 Å². The molecule has 27 nitrogen and oxygen atoms in total. The molecule has 0 aromatic rings. The van der Waals surface area contributed by atoms with Crippen LogP contribution in [0.3, 0.4) is 0 Å². The van der Waals surface area contributed by atoms with E-state index in [9.17, 15) is 67.7 Å². The number of nitrogens with two attached hydrogens (primary N) is 3. The molecule has 0 spiro atoms. The summed E-state index contributed by atoms with van der Waals surface area (Å²) in [5.41, 5.74) is 16.1. The van der Waals surface area contributed by atoms with Gasteiger partial charge in [0.25, 0.3) is 0 Å². The minimum Gasteiger partial charge on any atom is -0.480 e. The second-order valence-electron chi connectivity index (χ2n) is 18.5. The number of thioether (sulfide) groups is 1. The van der Waals surface area contributed by atoms with Crippen LogP contribution in [0.5, 0.6) is 0 Å². The van der Waals surface area contributed by atoms with Crippen molar-refractivity contribution >= 4 is 82.7 Å². The van der Waals surface area contributed by atoms with Crippen LogP contribution in [0.4, 0.5) is 0 Å². The first-order valence-corrected chi connectivity index (χ1v) is 26.0. The van der Waals surface area contributed by atoms with E-state index >= 15 is 0 Å². The number of carbonyl (C=O) groups excluding carboxylic acids is 11. The fraction of sp³-hybridized carbons (Fsp3) is 0.739. The Kier molecular flexibility index (Phi) is 32.9. The molecule has 0 saturated heterocycles. The molecule has 0 saturated carbocycles. The van der Waals surface area contributed by atoms with Gasteiger partial charge in [-0.15, -0.1) is 0 Å². The highest BCUT2D eigenvalue weighted by Crippen LogP contribution is 2.15. The number of amides is 11. The third kappa shape index (κ3) is 25.7. The number of aliphatic carboxylic acids is 1. The number of aliphatic hydroxyl groups is 1. The maximum Gasteiger partial charge on any atom is 0.326 e. The van der Waals surface area contributed by atoms with Crippen LogP contribution in [0.1, 0.15) is 99.8 Å². The standard InChI is InChI=1S/C46H83N13O14S/c1-10-25(5)37(44(70)58-38(26(6)11-2)45(71)59(8)22-36(64)52-30(18-24(3)4)41(67)55-29(46(72)73)15-17-74-9)57-39(65)27(7)51-35(63)21-50-40(66)28(14-12-13-16-47)54-42(68)31(19-33(49)61)56-43(69)32(23-60)53-34(62)20-48/h24-32,37-38,60H,10-23,47-48H2,1-9H3,(H2,49,61)(H,50,66)(H,51,63)(H,52,64)(H,53,62)(H,54,68)(H,55,67)(H,56,69)(H,57,65)(H,58,70)(H,72,73)/t25-,26-,27-,28-,29-,30-,31-,32-,37-,38-/m0/s1. The van der Waals surface area contributed by atoms with E-state index in [-0.39, 0.29) is 31.7 Å². The van der Waals surface area contributed by atoms with E-state index in [4.69, 9.17) is 17.2 Å². The normalized spacial score (nSPS) is 15.1. The van der Waals surface area contributed by atoms with Crippen molar-refractivity contribution in [2.24, 2.45) is 35.0 Å². The average Bonchev–Trinajstić information content (AvgIpc) is 3.34. The number of nitrogens with one attached hydrogen (secondary N) is 9. The van der Waals surface area contributed by atoms with Gasteiger partial charge in [-0.05, 0) is 75.3 Å². The summed E-state index contributed by atoms with van der Waals surface area (Å²) in [4.78, 5) is 157. The maximum absolute atomic E-state index is 14.0. The van der Waals surface area contributed by atoms with Gasteiger partial charge in [-0.25, -0.2) is 4.79 Å². The Labute approximate surface area is 437 Å². The summed E-state index contributed by atoms with van der Waals surface area (Å²) in [5, 5.41) is 41.2. The Morgan fingerprint density at radius 2 is 1.14 bits per heavy atom. The van der Waals surface area contributed by atoms with Crippen molar-refractivity contribution in [1.29, 1.82) is 0 Å². The number of unbranched alkanes of at least 4 members (excludes halogenated alkanes) is 1. The number of carbonyl (C=O) groups is 12. The van der Waals surface area contributed by atoms with Gasteiger partial charge in [-0.2, -0.15) is 11.8 Å². The number of rotatable bonds is 37. The fourth-order valence-electron chi connectivity index (χ4n) is 6.96. The molecule has 0 aromatic heterocycles. The van der Waals surface area contributed by atoms with Crippen molar-refractivity contribution in [2.45, 2.75) is 148 Å². The zero-order valence-corrected chi connectivity index (χ0v) is 44.9. The summed E-state index contributed by atoms with van der Waals surface area (Å²) in [6, 6.07) is -10.5. The van der Waals surface area contributed by atoms with Gasteiger partial charge < -0.3 is 80.2 Å². The van der Waals surface area contributed by atoms with E-state index < -0.39 is 164 Å². The van der Waals surface area contributed by atoms with Crippen LogP contribution >= 0.6 is 11.8 Å². The molecule has 28 heteroatoms. The third-order valence-corrected chi connectivity index (χ3v) is 12.4. The predicted molar refractivity (Wildman–Crippen MR) is 274 cm³/mol. The van der Waals surface area contributed by atoms with Gasteiger partial charge in [0, 0.05) is 7.05 Å². The minimum atomic E-state index is -1.66. The first kappa shape index (κ1) is 67.9. The smallest absolute Gasteiger partial charge is 0.326 e. The molecule has 10 atom stereocenters. The number of likely N-dealkylation sites (N-methyl/N-ethyl adjacent to an activating group) is 1. The number of carboxylic acid groups (broad SMARTS) is 1. The zero-order valence-electron chi connectivity index (χ0n) is 44.1. The SMILES string of the molecule is CC[C@H](C)[C@H](NC(=O)[C@H](C)NC(=O)CNC(=O)[C@H](CCCCN)NC(=O)[C@H](CC(N)=O)NC(=O)[C@H](CO)NC(=O)CN)C(=O)N[C@H](C(=O)N(C)CC(=O)N[C@@H](CC(C)C)C(=O)N[C@@H](CCSC)C(=O)O)[C@@H](C)CC. The highest BCUT2D eigenvalue weighted by molar-refractivity contribution is 7.98. The molecule has 11 amide bonds. The number of carboxylic acids is 1. The van der Waals surface area contributed by atoms with Gasteiger partial charge in [-0.3, -0.25) is 52.7 Å². The Bertz CT molecular complexity index is 1910. The largest absolute Gasteiger partial charge is 0.480 e. The molecule has 0 radical (unpaired) electrons. The molecule has 0 aliphatic rings.